The second-order valence-electron chi connectivity index (χ2n) is 5.21. The molecule has 0 fully saturated rings. The van der Waals surface area contributed by atoms with Gasteiger partial charge in [0.1, 0.15) is 11.4 Å². The van der Waals surface area contributed by atoms with E-state index in [9.17, 15) is 4.79 Å². The first-order valence-electron chi connectivity index (χ1n) is 6.92. The molecule has 112 valence electrons. The molecule has 6 heteroatoms. The van der Waals surface area contributed by atoms with Crippen molar-refractivity contribution in [1.29, 1.82) is 0 Å². The highest BCUT2D eigenvalue weighted by Gasteiger charge is 2.13. The third kappa shape index (κ3) is 2.74. The zero-order valence-electron chi connectivity index (χ0n) is 12.7. The van der Waals surface area contributed by atoms with Gasteiger partial charge in [0, 0.05) is 12.6 Å². The minimum atomic E-state index is 0.113. The average molecular weight is 312 g/mol. The van der Waals surface area contributed by atoms with Crippen molar-refractivity contribution in [2.75, 3.05) is 5.75 Å². The van der Waals surface area contributed by atoms with E-state index in [1.165, 1.54) is 18.1 Å². The smallest absolute Gasteiger partial charge is 0.173 e. The summed E-state index contributed by atoms with van der Waals surface area (Å²) in [5.74, 6) is 0.465. The van der Waals surface area contributed by atoms with E-state index < -0.39 is 0 Å². The number of aryl methyl sites for hydroxylation is 3. The standard InChI is InChI=1S/C16H16N4OS/c1-10-4-5-11(2)12(6-10)14(21)8-22-16-13-7-19-20(3)15(13)17-9-18-16/h4-7,9H,8H2,1-3H3. The van der Waals surface area contributed by atoms with Crippen LogP contribution >= 0.6 is 11.8 Å². The van der Waals surface area contributed by atoms with Crippen LogP contribution < -0.4 is 0 Å². The largest absolute Gasteiger partial charge is 0.293 e. The monoisotopic (exact) mass is 312 g/mol. The van der Waals surface area contributed by atoms with Crippen LogP contribution in [-0.4, -0.2) is 31.3 Å². The Hall–Kier alpha value is -2.21. The van der Waals surface area contributed by atoms with E-state index in [1.807, 2.05) is 39.1 Å². The third-order valence-electron chi connectivity index (χ3n) is 3.53. The zero-order valence-corrected chi connectivity index (χ0v) is 13.5. The number of carbonyl (C=O) groups is 1. The minimum Gasteiger partial charge on any atom is -0.293 e. The number of ketones is 1. The van der Waals surface area contributed by atoms with Crippen LogP contribution in [0, 0.1) is 13.8 Å². The quantitative estimate of drug-likeness (QED) is 0.421. The molecule has 2 heterocycles. The number of carbonyl (C=O) groups excluding carboxylic acids is 1. The molecular weight excluding hydrogens is 296 g/mol. The van der Waals surface area contributed by atoms with Gasteiger partial charge in [0.15, 0.2) is 11.4 Å². The Morgan fingerprint density at radius 1 is 1.27 bits per heavy atom. The van der Waals surface area contributed by atoms with Crippen LogP contribution in [0.1, 0.15) is 21.5 Å². The van der Waals surface area contributed by atoms with Crippen molar-refractivity contribution < 1.29 is 4.79 Å². The van der Waals surface area contributed by atoms with Crippen molar-refractivity contribution in [3.63, 3.8) is 0 Å². The van der Waals surface area contributed by atoms with Gasteiger partial charge in [-0.15, -0.1) is 0 Å². The maximum absolute atomic E-state index is 12.4. The fourth-order valence-corrected chi connectivity index (χ4v) is 3.15. The highest BCUT2D eigenvalue weighted by atomic mass is 32.2. The lowest BCUT2D eigenvalue weighted by Gasteiger charge is -2.06. The number of hydrogen-bond donors (Lipinski definition) is 0. The van der Waals surface area contributed by atoms with Crippen LogP contribution in [0.2, 0.25) is 0 Å². The molecule has 0 N–H and O–H groups in total. The van der Waals surface area contributed by atoms with E-state index in [0.29, 0.717) is 5.75 Å². The summed E-state index contributed by atoms with van der Waals surface area (Å²) in [6, 6.07) is 5.94. The van der Waals surface area contributed by atoms with Crippen LogP contribution in [0.25, 0.3) is 11.0 Å². The molecule has 5 nitrogen and oxygen atoms in total. The maximum Gasteiger partial charge on any atom is 0.173 e. The molecule has 3 rings (SSSR count). The second-order valence-corrected chi connectivity index (χ2v) is 6.18. The fourth-order valence-electron chi connectivity index (χ4n) is 2.30. The molecule has 1 aromatic carbocycles. The molecule has 22 heavy (non-hydrogen) atoms. The first kappa shape index (κ1) is 14.7. The minimum absolute atomic E-state index is 0.113. The summed E-state index contributed by atoms with van der Waals surface area (Å²) in [4.78, 5) is 20.9. The van der Waals surface area contributed by atoms with Crippen molar-refractivity contribution in [2.24, 2.45) is 7.05 Å². The summed E-state index contributed by atoms with van der Waals surface area (Å²) in [6.07, 6.45) is 3.24. The van der Waals surface area contributed by atoms with Crippen molar-refractivity contribution >= 4 is 28.6 Å². The first-order chi connectivity index (χ1) is 10.6. The number of fused-ring (bicyclic) bond motifs is 1. The highest BCUT2D eigenvalue weighted by Crippen LogP contribution is 2.25. The lowest BCUT2D eigenvalue weighted by molar-refractivity contribution is 0.102. The number of nitrogens with zero attached hydrogens (tertiary/aromatic N) is 4. The van der Waals surface area contributed by atoms with Gasteiger partial charge in [-0.05, 0) is 25.5 Å². The lowest BCUT2D eigenvalue weighted by Crippen LogP contribution is -2.05. The van der Waals surface area contributed by atoms with Gasteiger partial charge in [-0.1, -0.05) is 29.5 Å². The number of Topliss-reactive ketones (excluding diaryl/α,β-unsaturated/α-hetero) is 1. The molecule has 0 aliphatic carbocycles. The second kappa shape index (κ2) is 5.88. The van der Waals surface area contributed by atoms with Crippen molar-refractivity contribution in [2.45, 2.75) is 18.9 Å². The summed E-state index contributed by atoms with van der Waals surface area (Å²) in [6.45, 7) is 3.95. The summed E-state index contributed by atoms with van der Waals surface area (Å²) in [7, 11) is 1.84. The Kier molecular flexibility index (Phi) is 3.94. The van der Waals surface area contributed by atoms with Crippen molar-refractivity contribution in [3.8, 4) is 0 Å². The Bertz CT molecular complexity index is 856. The molecule has 0 aliphatic heterocycles. The summed E-state index contributed by atoms with van der Waals surface area (Å²) in [5.41, 5.74) is 3.65. The molecule has 0 bridgehead atoms. The molecule has 0 saturated heterocycles. The van der Waals surface area contributed by atoms with Gasteiger partial charge >= 0.3 is 0 Å². The molecule has 0 spiro atoms. The summed E-state index contributed by atoms with van der Waals surface area (Å²) < 4.78 is 1.70. The summed E-state index contributed by atoms with van der Waals surface area (Å²) >= 11 is 1.43. The third-order valence-corrected chi connectivity index (χ3v) is 4.53. The van der Waals surface area contributed by atoms with E-state index in [4.69, 9.17) is 0 Å². The predicted octanol–water partition coefficient (Wildman–Crippen LogP) is 2.96. The molecule has 0 aliphatic rings. The van der Waals surface area contributed by atoms with Gasteiger partial charge < -0.3 is 0 Å². The fraction of sp³-hybridized carbons (Fsp3) is 0.250. The van der Waals surface area contributed by atoms with Crippen LogP contribution in [-0.2, 0) is 7.05 Å². The number of benzene rings is 1. The van der Waals surface area contributed by atoms with E-state index in [1.54, 1.807) is 10.9 Å². The predicted molar refractivity (Wildman–Crippen MR) is 87.3 cm³/mol. The van der Waals surface area contributed by atoms with E-state index in [0.717, 1.165) is 32.7 Å². The molecule has 2 aromatic heterocycles. The topological polar surface area (TPSA) is 60.7 Å². The molecule has 0 amide bonds. The zero-order chi connectivity index (χ0) is 15.7. The lowest BCUT2D eigenvalue weighted by atomic mass is 10.0. The molecule has 3 aromatic rings. The Morgan fingerprint density at radius 3 is 2.91 bits per heavy atom. The number of aromatic nitrogens is 4. The van der Waals surface area contributed by atoms with Gasteiger partial charge in [-0.25, -0.2) is 9.97 Å². The van der Waals surface area contributed by atoms with Crippen LogP contribution in [0.15, 0.2) is 35.7 Å². The van der Waals surface area contributed by atoms with E-state index in [2.05, 4.69) is 15.1 Å². The Labute approximate surface area is 132 Å². The molecule has 0 atom stereocenters. The Morgan fingerprint density at radius 2 is 2.09 bits per heavy atom. The van der Waals surface area contributed by atoms with Crippen LogP contribution in [0.3, 0.4) is 0 Å². The van der Waals surface area contributed by atoms with Gasteiger partial charge in [-0.2, -0.15) is 5.10 Å². The van der Waals surface area contributed by atoms with Crippen molar-refractivity contribution in [3.05, 3.63) is 47.4 Å². The SMILES string of the molecule is Cc1ccc(C)c(C(=O)CSc2ncnc3c2cnn3C)c1. The average Bonchev–Trinajstić information content (AvgIpc) is 2.89. The summed E-state index contributed by atoms with van der Waals surface area (Å²) in [5, 5.41) is 5.85. The molecule has 0 unspecified atom stereocenters. The Balaban J connectivity index is 1.82. The van der Waals surface area contributed by atoms with Crippen molar-refractivity contribution in [1.82, 2.24) is 19.7 Å². The maximum atomic E-state index is 12.4. The molecule has 0 radical (unpaired) electrons. The van der Waals surface area contributed by atoms with Gasteiger partial charge in [0.25, 0.3) is 0 Å². The number of hydrogen-bond acceptors (Lipinski definition) is 5. The van der Waals surface area contributed by atoms with Gasteiger partial charge in [0.05, 0.1) is 17.3 Å². The van der Waals surface area contributed by atoms with E-state index in [-0.39, 0.29) is 5.78 Å². The van der Waals surface area contributed by atoms with Gasteiger partial charge in [0.2, 0.25) is 0 Å². The van der Waals surface area contributed by atoms with Crippen LogP contribution in [0.5, 0.6) is 0 Å². The molecule has 0 saturated carbocycles. The first-order valence-corrected chi connectivity index (χ1v) is 7.91. The number of thioether (sulfide) groups is 1. The van der Waals surface area contributed by atoms with E-state index >= 15 is 0 Å². The highest BCUT2D eigenvalue weighted by molar-refractivity contribution is 8.00. The number of rotatable bonds is 4. The molecular formula is C16H16N4OS. The van der Waals surface area contributed by atoms with Gasteiger partial charge in [-0.3, -0.25) is 9.48 Å². The van der Waals surface area contributed by atoms with Crippen LogP contribution in [0.4, 0.5) is 0 Å². The normalized spacial score (nSPS) is 11.0.